The third-order valence-electron chi connectivity index (χ3n) is 6.90. The summed E-state index contributed by atoms with van der Waals surface area (Å²) in [6, 6.07) is 8.11. The van der Waals surface area contributed by atoms with E-state index in [1.807, 2.05) is 12.1 Å². The highest BCUT2D eigenvalue weighted by Crippen LogP contribution is 2.28. The number of aliphatic imine (C=N–C) groups is 2. The van der Waals surface area contributed by atoms with Crippen LogP contribution in [0.15, 0.2) is 58.5 Å². The first-order valence-corrected chi connectivity index (χ1v) is 12.1. The Balaban J connectivity index is 1.19. The molecule has 0 aliphatic carbocycles. The van der Waals surface area contributed by atoms with Crippen molar-refractivity contribution in [3.63, 3.8) is 0 Å². The zero-order chi connectivity index (χ0) is 23.8. The number of imidazole rings is 1. The topological polar surface area (TPSA) is 107 Å². The van der Waals surface area contributed by atoms with Gasteiger partial charge < -0.3 is 24.8 Å². The van der Waals surface area contributed by atoms with Gasteiger partial charge in [-0.2, -0.15) is 4.98 Å². The Bertz CT molecular complexity index is 1320. The van der Waals surface area contributed by atoms with Crippen molar-refractivity contribution in [1.29, 1.82) is 0 Å². The summed E-state index contributed by atoms with van der Waals surface area (Å²) in [6.45, 7) is 5.17. The summed E-state index contributed by atoms with van der Waals surface area (Å²) in [6.07, 6.45) is 7.95. The minimum absolute atomic E-state index is 0.0423. The predicted octanol–water partition coefficient (Wildman–Crippen LogP) is 2.98. The highest BCUT2D eigenvalue weighted by Gasteiger charge is 2.30. The molecule has 3 aliphatic heterocycles. The van der Waals surface area contributed by atoms with Crippen LogP contribution in [-0.2, 0) is 11.3 Å². The minimum Gasteiger partial charge on any atom is -0.381 e. The molecule has 0 amide bonds. The van der Waals surface area contributed by atoms with Gasteiger partial charge in [0.25, 0.3) is 0 Å². The van der Waals surface area contributed by atoms with Crippen LogP contribution in [0.25, 0.3) is 11.0 Å². The molecule has 35 heavy (non-hydrogen) atoms. The number of methoxy groups -OCH3 is 1. The Morgan fingerprint density at radius 1 is 1.17 bits per heavy atom. The third-order valence-corrected chi connectivity index (χ3v) is 6.90. The predicted molar refractivity (Wildman–Crippen MR) is 137 cm³/mol. The van der Waals surface area contributed by atoms with Crippen molar-refractivity contribution in [1.82, 2.24) is 24.8 Å². The SMILES string of the molecule is COC1CCN(c2nccc(NC3=NCC4=NC(C)N(Cc5cccc6[nH]cnc56)C4=C3)n2)CC1. The first-order valence-electron chi connectivity index (χ1n) is 12.1. The summed E-state index contributed by atoms with van der Waals surface area (Å²) in [5.74, 6) is 2.25. The molecular formula is C25H29N9O. The van der Waals surface area contributed by atoms with Crippen LogP contribution in [0.4, 0.5) is 11.8 Å². The average Bonchev–Trinajstić information content (AvgIpc) is 3.49. The molecule has 5 heterocycles. The van der Waals surface area contributed by atoms with Crippen LogP contribution < -0.4 is 10.2 Å². The molecule has 6 rings (SSSR count). The van der Waals surface area contributed by atoms with Crippen molar-refractivity contribution < 1.29 is 4.74 Å². The zero-order valence-electron chi connectivity index (χ0n) is 20.0. The van der Waals surface area contributed by atoms with Crippen LogP contribution >= 0.6 is 0 Å². The number of fused-ring (bicyclic) bond motifs is 2. The number of piperidine rings is 1. The summed E-state index contributed by atoms with van der Waals surface area (Å²) in [7, 11) is 1.78. The number of nitrogens with one attached hydrogen (secondary N) is 2. The van der Waals surface area contributed by atoms with Crippen molar-refractivity contribution in [3.05, 3.63) is 54.1 Å². The van der Waals surface area contributed by atoms with E-state index >= 15 is 0 Å². The van der Waals surface area contributed by atoms with Crippen LogP contribution in [0, 0.1) is 0 Å². The molecule has 0 radical (unpaired) electrons. The molecule has 10 heteroatoms. The molecule has 1 atom stereocenters. The maximum atomic E-state index is 5.48. The second-order valence-corrected chi connectivity index (χ2v) is 9.07. The van der Waals surface area contributed by atoms with Crippen molar-refractivity contribution in [2.75, 3.05) is 37.0 Å². The number of H-pyrrole nitrogens is 1. The van der Waals surface area contributed by atoms with E-state index < -0.39 is 0 Å². The van der Waals surface area contributed by atoms with Gasteiger partial charge in [0.2, 0.25) is 5.95 Å². The summed E-state index contributed by atoms with van der Waals surface area (Å²) >= 11 is 0. The maximum Gasteiger partial charge on any atom is 0.227 e. The summed E-state index contributed by atoms with van der Waals surface area (Å²) in [5.41, 5.74) is 5.32. The summed E-state index contributed by atoms with van der Waals surface area (Å²) < 4.78 is 5.48. The van der Waals surface area contributed by atoms with E-state index in [0.29, 0.717) is 12.6 Å². The maximum absolute atomic E-state index is 5.48. The molecule has 3 aliphatic rings. The number of benzene rings is 1. The van der Waals surface area contributed by atoms with Crippen LogP contribution in [0.2, 0.25) is 0 Å². The lowest BCUT2D eigenvalue weighted by molar-refractivity contribution is 0.0816. The van der Waals surface area contributed by atoms with Crippen molar-refractivity contribution in [2.24, 2.45) is 9.98 Å². The van der Waals surface area contributed by atoms with E-state index in [9.17, 15) is 0 Å². The molecule has 0 bridgehead atoms. The number of aromatic nitrogens is 4. The Morgan fingerprint density at radius 3 is 2.91 bits per heavy atom. The summed E-state index contributed by atoms with van der Waals surface area (Å²) in [5, 5.41) is 3.39. The summed E-state index contributed by atoms with van der Waals surface area (Å²) in [4.78, 5) is 31.0. The minimum atomic E-state index is 0.0423. The Morgan fingerprint density at radius 2 is 2.06 bits per heavy atom. The Labute approximate surface area is 203 Å². The largest absolute Gasteiger partial charge is 0.381 e. The fourth-order valence-electron chi connectivity index (χ4n) is 4.98. The first kappa shape index (κ1) is 21.7. The lowest BCUT2D eigenvalue weighted by atomic mass is 10.1. The fourth-order valence-corrected chi connectivity index (χ4v) is 4.98. The van der Waals surface area contributed by atoms with Gasteiger partial charge in [-0.25, -0.2) is 9.97 Å². The van der Waals surface area contributed by atoms with E-state index in [0.717, 1.165) is 72.5 Å². The third kappa shape index (κ3) is 4.25. The van der Waals surface area contributed by atoms with Crippen LogP contribution in [0.5, 0.6) is 0 Å². The van der Waals surface area contributed by atoms with Gasteiger partial charge in [0.1, 0.15) is 17.8 Å². The normalized spacial score (nSPS) is 20.5. The van der Waals surface area contributed by atoms with E-state index in [2.05, 4.69) is 55.2 Å². The van der Waals surface area contributed by atoms with E-state index in [-0.39, 0.29) is 6.17 Å². The number of amidine groups is 1. The van der Waals surface area contributed by atoms with Gasteiger partial charge in [-0.3, -0.25) is 9.98 Å². The number of dihydropyridines is 1. The van der Waals surface area contributed by atoms with E-state index in [1.54, 1.807) is 19.6 Å². The Hall–Kier alpha value is -3.79. The lowest BCUT2D eigenvalue weighted by Gasteiger charge is -2.31. The fraction of sp³-hybridized carbons (Fsp3) is 0.400. The van der Waals surface area contributed by atoms with Gasteiger partial charge in [0.15, 0.2) is 0 Å². The average molecular weight is 472 g/mol. The van der Waals surface area contributed by atoms with Gasteiger partial charge >= 0.3 is 0 Å². The molecule has 1 saturated heterocycles. The highest BCUT2D eigenvalue weighted by atomic mass is 16.5. The number of aromatic amines is 1. The molecule has 0 saturated carbocycles. The van der Waals surface area contributed by atoms with Crippen molar-refractivity contribution in [2.45, 2.75) is 38.6 Å². The number of para-hydroxylation sites is 1. The van der Waals surface area contributed by atoms with Crippen LogP contribution in [0.3, 0.4) is 0 Å². The van der Waals surface area contributed by atoms with Crippen LogP contribution in [0.1, 0.15) is 25.3 Å². The molecule has 180 valence electrons. The molecule has 2 N–H and O–H groups in total. The molecule has 1 fully saturated rings. The number of rotatable bonds is 5. The molecule has 0 spiro atoms. The molecule has 1 aromatic carbocycles. The van der Waals surface area contributed by atoms with Gasteiger partial charge in [0.05, 0.1) is 41.4 Å². The van der Waals surface area contributed by atoms with Gasteiger partial charge in [0, 0.05) is 39.0 Å². The molecule has 10 nitrogen and oxygen atoms in total. The molecule has 3 aromatic rings. The quantitative estimate of drug-likeness (QED) is 0.589. The highest BCUT2D eigenvalue weighted by molar-refractivity contribution is 6.15. The lowest BCUT2D eigenvalue weighted by Crippen LogP contribution is -2.37. The van der Waals surface area contributed by atoms with Gasteiger partial charge in [-0.05, 0) is 37.5 Å². The molecular weight excluding hydrogens is 442 g/mol. The monoisotopic (exact) mass is 471 g/mol. The second-order valence-electron chi connectivity index (χ2n) is 9.07. The Kier molecular flexibility index (Phi) is 5.65. The van der Waals surface area contributed by atoms with Crippen LogP contribution in [-0.4, -0.2) is 75.4 Å². The van der Waals surface area contributed by atoms with Crippen molar-refractivity contribution in [3.8, 4) is 0 Å². The molecule has 1 unspecified atom stereocenters. The number of hydrogen-bond donors (Lipinski definition) is 2. The second kappa shape index (κ2) is 9.10. The number of anilines is 2. The van der Waals surface area contributed by atoms with Gasteiger partial charge in [-0.15, -0.1) is 0 Å². The number of ether oxygens (including phenoxy) is 1. The smallest absolute Gasteiger partial charge is 0.227 e. The van der Waals surface area contributed by atoms with E-state index in [4.69, 9.17) is 19.7 Å². The van der Waals surface area contributed by atoms with Crippen molar-refractivity contribution >= 4 is 34.3 Å². The van der Waals surface area contributed by atoms with E-state index in [1.165, 1.54) is 5.56 Å². The zero-order valence-corrected chi connectivity index (χ0v) is 20.0. The first-order chi connectivity index (χ1) is 17.2. The molecule has 2 aromatic heterocycles. The number of nitrogens with zero attached hydrogens (tertiary/aromatic N) is 7. The standard InChI is InChI=1S/C25H29N9O/c1-16-30-20-13-27-23(12-21(20)34(16)14-17-4-3-5-19-24(17)29-15-28-19)31-22-6-9-26-25(32-22)33-10-7-18(35-2)8-11-33/h3-6,9,12,15-16,18H,7-8,10-11,13-14H2,1-2H3,(H,28,29)(H,26,27,31,32). The number of hydrogen-bond acceptors (Lipinski definition) is 9. The van der Waals surface area contributed by atoms with Gasteiger partial charge in [-0.1, -0.05) is 12.1 Å².